The predicted molar refractivity (Wildman–Crippen MR) is 84.6 cm³/mol. The highest BCUT2D eigenvalue weighted by atomic mass is 16.5. The molecule has 1 aliphatic rings. The van der Waals surface area contributed by atoms with Crippen molar-refractivity contribution >= 4 is 0 Å². The van der Waals surface area contributed by atoms with Crippen LogP contribution in [0.3, 0.4) is 0 Å². The van der Waals surface area contributed by atoms with Crippen molar-refractivity contribution in [1.29, 1.82) is 0 Å². The topological polar surface area (TPSA) is 29.5 Å². The molecule has 2 aromatic carbocycles. The summed E-state index contributed by atoms with van der Waals surface area (Å²) in [4.78, 5) is 0. The molecule has 21 heavy (non-hydrogen) atoms. The van der Waals surface area contributed by atoms with Gasteiger partial charge in [0.1, 0.15) is 5.75 Å². The van der Waals surface area contributed by atoms with Gasteiger partial charge < -0.3 is 9.84 Å². The summed E-state index contributed by atoms with van der Waals surface area (Å²) in [5.74, 6) is 1.02. The molecule has 0 spiro atoms. The van der Waals surface area contributed by atoms with Gasteiger partial charge in [-0.05, 0) is 42.0 Å². The zero-order chi connectivity index (χ0) is 14.7. The molecule has 0 saturated carbocycles. The van der Waals surface area contributed by atoms with Crippen molar-refractivity contribution in [3.8, 4) is 5.75 Å². The molecule has 0 saturated heterocycles. The lowest BCUT2D eigenvalue weighted by molar-refractivity contribution is 0.0236. The van der Waals surface area contributed by atoms with E-state index in [2.05, 4.69) is 18.2 Å². The molecule has 1 N–H and O–H groups in total. The van der Waals surface area contributed by atoms with Gasteiger partial charge >= 0.3 is 0 Å². The first kappa shape index (κ1) is 14.2. The Kier molecular flexibility index (Phi) is 3.98. The van der Waals surface area contributed by atoms with Gasteiger partial charge in [-0.1, -0.05) is 49.4 Å². The minimum absolute atomic E-state index is 0.727. The third-order valence-electron chi connectivity index (χ3n) is 4.48. The van der Waals surface area contributed by atoms with Crippen molar-refractivity contribution < 1.29 is 9.84 Å². The highest BCUT2D eigenvalue weighted by Gasteiger charge is 2.26. The molecule has 1 unspecified atom stereocenters. The highest BCUT2D eigenvalue weighted by molar-refractivity contribution is 5.40. The average Bonchev–Trinajstić information content (AvgIpc) is 3.01. The third-order valence-corrected chi connectivity index (χ3v) is 4.48. The average molecular weight is 282 g/mol. The number of ether oxygens (including phenoxy) is 1. The fourth-order valence-corrected chi connectivity index (χ4v) is 3.02. The van der Waals surface area contributed by atoms with Crippen molar-refractivity contribution in [3.63, 3.8) is 0 Å². The maximum Gasteiger partial charge on any atom is 0.122 e. The van der Waals surface area contributed by atoms with Crippen molar-refractivity contribution in [2.24, 2.45) is 0 Å². The number of hydrogen-bond acceptors (Lipinski definition) is 2. The van der Waals surface area contributed by atoms with E-state index in [4.69, 9.17) is 4.74 Å². The summed E-state index contributed by atoms with van der Waals surface area (Å²) < 4.78 is 5.54. The maximum absolute atomic E-state index is 10.9. The number of benzene rings is 2. The molecule has 3 rings (SSSR count). The zero-order valence-electron chi connectivity index (χ0n) is 12.5. The van der Waals surface area contributed by atoms with Crippen molar-refractivity contribution in [2.75, 3.05) is 6.61 Å². The monoisotopic (exact) mass is 282 g/mol. The summed E-state index contributed by atoms with van der Waals surface area (Å²) in [5.41, 5.74) is 2.85. The molecule has 2 heteroatoms. The summed E-state index contributed by atoms with van der Waals surface area (Å²) >= 11 is 0. The van der Waals surface area contributed by atoms with Crippen LogP contribution in [-0.4, -0.2) is 11.7 Å². The molecule has 0 amide bonds. The van der Waals surface area contributed by atoms with E-state index in [1.165, 1.54) is 11.1 Å². The molecule has 2 nitrogen and oxygen atoms in total. The van der Waals surface area contributed by atoms with Crippen LogP contribution in [0.2, 0.25) is 0 Å². The van der Waals surface area contributed by atoms with Gasteiger partial charge in [-0.15, -0.1) is 0 Å². The summed E-state index contributed by atoms with van der Waals surface area (Å²) in [5, 5.41) is 10.9. The van der Waals surface area contributed by atoms with E-state index in [-0.39, 0.29) is 0 Å². The number of rotatable bonds is 5. The summed E-state index contributed by atoms with van der Waals surface area (Å²) in [6.07, 6.45) is 3.35. The van der Waals surface area contributed by atoms with Gasteiger partial charge in [-0.2, -0.15) is 0 Å². The highest BCUT2D eigenvalue weighted by Crippen LogP contribution is 2.31. The van der Waals surface area contributed by atoms with Gasteiger partial charge in [-0.25, -0.2) is 0 Å². The van der Waals surface area contributed by atoms with Crippen LogP contribution >= 0.6 is 0 Å². The number of aryl methyl sites for hydroxylation is 1. The number of fused-ring (bicyclic) bond motifs is 1. The Morgan fingerprint density at radius 1 is 1.14 bits per heavy atom. The van der Waals surface area contributed by atoms with Gasteiger partial charge in [0.2, 0.25) is 0 Å². The Hall–Kier alpha value is -1.80. The lowest BCUT2D eigenvalue weighted by Gasteiger charge is -2.27. The van der Waals surface area contributed by atoms with Crippen LogP contribution < -0.4 is 4.74 Å². The van der Waals surface area contributed by atoms with Crippen molar-refractivity contribution in [2.45, 2.75) is 38.2 Å². The molecule has 1 heterocycles. The molecule has 0 fully saturated rings. The summed E-state index contributed by atoms with van der Waals surface area (Å²) in [6, 6.07) is 16.4. The van der Waals surface area contributed by atoms with E-state index in [0.29, 0.717) is 0 Å². The van der Waals surface area contributed by atoms with Crippen LogP contribution in [0, 0.1) is 0 Å². The molecular formula is C19H22O2. The van der Waals surface area contributed by atoms with Crippen LogP contribution in [0.15, 0.2) is 48.5 Å². The quantitative estimate of drug-likeness (QED) is 0.902. The lowest BCUT2D eigenvalue weighted by Crippen LogP contribution is -2.25. The second-order valence-electron chi connectivity index (χ2n) is 5.79. The normalized spacial score (nSPS) is 16.1. The zero-order valence-corrected chi connectivity index (χ0v) is 12.5. The van der Waals surface area contributed by atoms with Crippen LogP contribution in [0.4, 0.5) is 0 Å². The second-order valence-corrected chi connectivity index (χ2v) is 5.79. The van der Waals surface area contributed by atoms with Crippen LogP contribution in [-0.2, 0) is 18.4 Å². The number of hydrogen-bond donors (Lipinski definition) is 1. The second kappa shape index (κ2) is 5.90. The van der Waals surface area contributed by atoms with Crippen LogP contribution in [0.1, 0.15) is 36.5 Å². The predicted octanol–water partition coefficient (Wildman–Crippen LogP) is 3.85. The summed E-state index contributed by atoms with van der Waals surface area (Å²) in [7, 11) is 0. The van der Waals surface area contributed by atoms with E-state index in [1.807, 2.05) is 37.3 Å². The molecule has 110 valence electrons. The van der Waals surface area contributed by atoms with Gasteiger partial charge in [0.15, 0.2) is 0 Å². The fraction of sp³-hybridized carbons (Fsp3) is 0.368. The van der Waals surface area contributed by atoms with E-state index in [0.717, 1.165) is 43.6 Å². The van der Waals surface area contributed by atoms with Crippen molar-refractivity contribution in [3.05, 3.63) is 65.2 Å². The van der Waals surface area contributed by atoms with E-state index in [1.54, 1.807) is 0 Å². The van der Waals surface area contributed by atoms with Gasteiger partial charge in [0.25, 0.3) is 0 Å². The smallest absolute Gasteiger partial charge is 0.122 e. The molecule has 2 aromatic rings. The van der Waals surface area contributed by atoms with Crippen LogP contribution in [0.5, 0.6) is 5.75 Å². The molecule has 0 radical (unpaired) electrons. The first-order valence-corrected chi connectivity index (χ1v) is 7.74. The molecule has 0 aliphatic carbocycles. The molecule has 1 aliphatic heterocycles. The maximum atomic E-state index is 10.9. The van der Waals surface area contributed by atoms with Gasteiger partial charge in [0.05, 0.1) is 12.2 Å². The number of aliphatic hydroxyl groups is 1. The van der Waals surface area contributed by atoms with Gasteiger partial charge in [0, 0.05) is 6.42 Å². The van der Waals surface area contributed by atoms with Gasteiger partial charge in [-0.3, -0.25) is 0 Å². The molecule has 0 aromatic heterocycles. The van der Waals surface area contributed by atoms with Crippen LogP contribution in [0.25, 0.3) is 0 Å². The largest absolute Gasteiger partial charge is 0.493 e. The Labute approximate surface area is 126 Å². The minimum Gasteiger partial charge on any atom is -0.493 e. The Morgan fingerprint density at radius 3 is 2.71 bits per heavy atom. The Bertz CT molecular complexity index is 606. The fourth-order valence-electron chi connectivity index (χ4n) is 3.02. The standard InChI is InChI=1S/C19H22O2/c1-2-19(20,17-6-4-3-5-7-17)12-10-15-8-9-18-16(14-15)11-13-21-18/h3-9,14,20H,2,10-13H2,1H3. The first-order valence-electron chi connectivity index (χ1n) is 7.74. The SMILES string of the molecule is CCC(O)(CCc1ccc2c(c1)CCO2)c1ccccc1. The van der Waals surface area contributed by atoms with Crippen molar-refractivity contribution in [1.82, 2.24) is 0 Å². The first-order chi connectivity index (χ1) is 10.2. The van der Waals surface area contributed by atoms with E-state index in [9.17, 15) is 5.11 Å². The Morgan fingerprint density at radius 2 is 1.95 bits per heavy atom. The Balaban J connectivity index is 1.73. The molecule has 0 bridgehead atoms. The molecular weight excluding hydrogens is 260 g/mol. The van der Waals surface area contributed by atoms with E-state index < -0.39 is 5.60 Å². The lowest BCUT2D eigenvalue weighted by atomic mass is 9.85. The molecule has 1 atom stereocenters. The summed E-state index contributed by atoms with van der Waals surface area (Å²) in [6.45, 7) is 2.84. The van der Waals surface area contributed by atoms with E-state index >= 15 is 0 Å². The minimum atomic E-state index is -0.739. The third kappa shape index (κ3) is 2.96.